The molecule has 1 aromatic rings. The first-order chi connectivity index (χ1) is 9.29. The van der Waals surface area contributed by atoms with Crippen LogP contribution < -0.4 is 15.4 Å². The molecule has 2 unspecified atom stereocenters. The minimum atomic E-state index is 0.420. The van der Waals surface area contributed by atoms with E-state index in [1.165, 1.54) is 17.9 Å². The van der Waals surface area contributed by atoms with E-state index in [2.05, 4.69) is 22.0 Å². The minimum Gasteiger partial charge on any atom is -0.497 e. The number of anilines is 1. The number of nitrogens with two attached hydrogens (primary N) is 1. The Labute approximate surface area is 118 Å². The summed E-state index contributed by atoms with van der Waals surface area (Å²) < 4.78 is 5.20. The van der Waals surface area contributed by atoms with Gasteiger partial charge in [-0.1, -0.05) is 0 Å². The van der Waals surface area contributed by atoms with Crippen LogP contribution >= 0.6 is 11.8 Å². The summed E-state index contributed by atoms with van der Waals surface area (Å²) in [5, 5.41) is 0. The quantitative estimate of drug-likeness (QED) is 0.917. The second-order valence-corrected chi connectivity index (χ2v) is 6.11. The summed E-state index contributed by atoms with van der Waals surface area (Å²) in [6.45, 7) is 0.823. The number of benzene rings is 1. The largest absolute Gasteiger partial charge is 0.497 e. The van der Waals surface area contributed by atoms with Crippen LogP contribution in [0.3, 0.4) is 0 Å². The average Bonchev–Trinajstić information content (AvgIpc) is 3.08. The van der Waals surface area contributed by atoms with Gasteiger partial charge in [-0.3, -0.25) is 4.99 Å². The molecule has 0 amide bonds. The summed E-state index contributed by atoms with van der Waals surface area (Å²) in [4.78, 5) is 6.63. The van der Waals surface area contributed by atoms with Gasteiger partial charge in [-0.2, -0.15) is 11.8 Å². The van der Waals surface area contributed by atoms with E-state index in [9.17, 15) is 0 Å². The molecule has 2 atom stereocenters. The van der Waals surface area contributed by atoms with Crippen LogP contribution in [-0.4, -0.2) is 37.2 Å². The summed E-state index contributed by atoms with van der Waals surface area (Å²) >= 11 is 2.04. The fraction of sp³-hybridized carbons (Fsp3) is 0.500. The van der Waals surface area contributed by atoms with Crippen molar-refractivity contribution in [2.75, 3.05) is 30.1 Å². The molecule has 0 saturated carbocycles. The lowest BCUT2D eigenvalue weighted by Gasteiger charge is -2.30. The lowest BCUT2D eigenvalue weighted by Crippen LogP contribution is -2.44. The van der Waals surface area contributed by atoms with Crippen LogP contribution in [0.2, 0.25) is 0 Å². The Balaban J connectivity index is 1.84. The Morgan fingerprint density at radius 3 is 2.79 bits per heavy atom. The zero-order valence-corrected chi connectivity index (χ0v) is 11.9. The first-order valence-corrected chi connectivity index (χ1v) is 7.76. The Hall–Kier alpha value is -1.36. The van der Waals surface area contributed by atoms with Gasteiger partial charge in [0.1, 0.15) is 5.75 Å². The Morgan fingerprint density at radius 2 is 2.16 bits per heavy atom. The van der Waals surface area contributed by atoms with Crippen LogP contribution in [0.4, 0.5) is 5.69 Å². The van der Waals surface area contributed by atoms with Gasteiger partial charge in [0.2, 0.25) is 0 Å². The smallest absolute Gasteiger partial charge is 0.196 e. The van der Waals surface area contributed by atoms with Crippen LogP contribution in [0.1, 0.15) is 6.42 Å². The number of hydrogen-bond acceptors (Lipinski definition) is 5. The first-order valence-electron chi connectivity index (χ1n) is 6.60. The van der Waals surface area contributed by atoms with E-state index in [1.807, 2.05) is 23.9 Å². The third-order valence-corrected chi connectivity index (χ3v) is 5.07. The molecule has 5 heteroatoms. The molecule has 0 bridgehead atoms. The van der Waals surface area contributed by atoms with Crippen molar-refractivity contribution in [1.29, 1.82) is 0 Å². The molecule has 1 aromatic carbocycles. The van der Waals surface area contributed by atoms with Gasteiger partial charge in [-0.25, -0.2) is 0 Å². The van der Waals surface area contributed by atoms with Crippen LogP contribution in [-0.2, 0) is 0 Å². The molecule has 0 spiro atoms. The molecular formula is C14H19N3OS. The lowest BCUT2D eigenvalue weighted by molar-refractivity contribution is 0.414. The maximum Gasteiger partial charge on any atom is 0.196 e. The number of thioether (sulfide) groups is 1. The standard InChI is InChI=1S/C14H19N3OS/c1-18-12-4-2-11(3-5-12)17-13(8-16-14(17)15)10-6-7-19-9-10/h2-5,10,13H,6-9H2,1H3,(H2,15,16). The van der Waals surface area contributed by atoms with Gasteiger partial charge in [-0.15, -0.1) is 0 Å². The van der Waals surface area contributed by atoms with Crippen molar-refractivity contribution in [1.82, 2.24) is 0 Å². The number of guanidine groups is 1. The molecular weight excluding hydrogens is 258 g/mol. The first kappa shape index (κ1) is 12.7. The number of ether oxygens (including phenoxy) is 1. The van der Waals surface area contributed by atoms with Gasteiger partial charge < -0.3 is 15.4 Å². The van der Waals surface area contributed by atoms with E-state index in [0.717, 1.165) is 18.0 Å². The topological polar surface area (TPSA) is 50.9 Å². The van der Waals surface area contributed by atoms with E-state index < -0.39 is 0 Å². The Kier molecular flexibility index (Phi) is 3.55. The summed E-state index contributed by atoms with van der Waals surface area (Å²) in [5.74, 6) is 4.69. The van der Waals surface area contributed by atoms with Gasteiger partial charge in [0, 0.05) is 5.69 Å². The zero-order chi connectivity index (χ0) is 13.2. The van der Waals surface area contributed by atoms with Crippen molar-refractivity contribution in [3.63, 3.8) is 0 Å². The molecule has 1 fully saturated rings. The predicted octanol–water partition coefficient (Wildman–Crippen LogP) is 1.95. The third-order valence-electron chi connectivity index (χ3n) is 3.88. The maximum atomic E-state index is 6.08. The number of aliphatic imine (C=N–C) groups is 1. The highest BCUT2D eigenvalue weighted by molar-refractivity contribution is 7.99. The molecule has 102 valence electrons. The molecule has 2 aliphatic rings. The third kappa shape index (κ3) is 2.39. The van der Waals surface area contributed by atoms with E-state index >= 15 is 0 Å². The predicted molar refractivity (Wildman–Crippen MR) is 81.2 cm³/mol. The van der Waals surface area contributed by atoms with Crippen molar-refractivity contribution >= 4 is 23.4 Å². The summed E-state index contributed by atoms with van der Waals surface area (Å²) in [5.41, 5.74) is 7.19. The van der Waals surface area contributed by atoms with E-state index in [1.54, 1.807) is 7.11 Å². The normalized spacial score (nSPS) is 26.6. The van der Waals surface area contributed by atoms with Crippen molar-refractivity contribution in [2.45, 2.75) is 12.5 Å². The van der Waals surface area contributed by atoms with Crippen LogP contribution in [0.15, 0.2) is 29.3 Å². The highest BCUT2D eigenvalue weighted by Gasteiger charge is 2.35. The van der Waals surface area contributed by atoms with E-state index in [4.69, 9.17) is 10.5 Å². The molecule has 3 rings (SSSR count). The molecule has 4 nitrogen and oxygen atoms in total. The highest BCUT2D eigenvalue weighted by Crippen LogP contribution is 2.33. The average molecular weight is 277 g/mol. The Morgan fingerprint density at radius 1 is 1.37 bits per heavy atom. The molecule has 2 N–H and O–H groups in total. The molecule has 0 aliphatic carbocycles. The molecule has 19 heavy (non-hydrogen) atoms. The van der Waals surface area contributed by atoms with Gasteiger partial charge in [0.25, 0.3) is 0 Å². The SMILES string of the molecule is COc1ccc(N2C(N)=NCC2C2CCSC2)cc1. The second-order valence-electron chi connectivity index (χ2n) is 4.96. The monoisotopic (exact) mass is 277 g/mol. The molecule has 2 aliphatic heterocycles. The fourth-order valence-corrected chi connectivity index (χ4v) is 4.13. The highest BCUT2D eigenvalue weighted by atomic mass is 32.2. The second kappa shape index (κ2) is 5.33. The number of hydrogen-bond donors (Lipinski definition) is 1. The van der Waals surface area contributed by atoms with Crippen molar-refractivity contribution in [3.05, 3.63) is 24.3 Å². The van der Waals surface area contributed by atoms with Gasteiger partial charge >= 0.3 is 0 Å². The Bertz CT molecular complexity index is 468. The van der Waals surface area contributed by atoms with Crippen molar-refractivity contribution < 1.29 is 4.74 Å². The lowest BCUT2D eigenvalue weighted by atomic mass is 9.98. The molecule has 0 aromatic heterocycles. The minimum absolute atomic E-state index is 0.420. The van der Waals surface area contributed by atoms with Gasteiger partial charge in [0.15, 0.2) is 5.96 Å². The van der Waals surface area contributed by atoms with Crippen LogP contribution in [0.25, 0.3) is 0 Å². The number of methoxy groups -OCH3 is 1. The molecule has 2 heterocycles. The summed E-state index contributed by atoms with van der Waals surface area (Å²) in [7, 11) is 1.68. The van der Waals surface area contributed by atoms with Crippen molar-refractivity contribution in [3.8, 4) is 5.75 Å². The summed E-state index contributed by atoms with van der Waals surface area (Å²) in [6, 6.07) is 8.48. The van der Waals surface area contributed by atoms with Gasteiger partial charge in [-0.05, 0) is 48.1 Å². The van der Waals surface area contributed by atoms with Gasteiger partial charge in [0.05, 0.1) is 19.7 Å². The van der Waals surface area contributed by atoms with E-state index in [0.29, 0.717) is 17.9 Å². The zero-order valence-electron chi connectivity index (χ0n) is 11.1. The molecule has 0 radical (unpaired) electrons. The van der Waals surface area contributed by atoms with E-state index in [-0.39, 0.29) is 0 Å². The van der Waals surface area contributed by atoms with Crippen LogP contribution in [0, 0.1) is 5.92 Å². The number of nitrogens with zero attached hydrogens (tertiary/aromatic N) is 2. The summed E-state index contributed by atoms with van der Waals surface area (Å²) in [6.07, 6.45) is 1.27. The van der Waals surface area contributed by atoms with Crippen molar-refractivity contribution in [2.24, 2.45) is 16.6 Å². The molecule has 1 saturated heterocycles. The fourth-order valence-electron chi connectivity index (χ4n) is 2.80. The number of rotatable bonds is 3. The maximum absolute atomic E-state index is 6.08. The van der Waals surface area contributed by atoms with Crippen LogP contribution in [0.5, 0.6) is 5.75 Å².